The van der Waals surface area contributed by atoms with Gasteiger partial charge in [-0.3, -0.25) is 0 Å². The lowest BCUT2D eigenvalue weighted by Crippen LogP contribution is -2.26. The Morgan fingerprint density at radius 3 is 2.40 bits per heavy atom. The molecule has 2 nitrogen and oxygen atoms in total. The molecule has 10 heavy (non-hydrogen) atoms. The molecular weight excluding hydrogens is 165 g/mol. The fourth-order valence-electron chi connectivity index (χ4n) is 0.277. The minimum Gasteiger partial charge on any atom is -0.518 e. The average Bonchev–Trinajstić information content (AvgIpc) is 1.80. The van der Waals surface area contributed by atoms with Crippen LogP contribution in [0.4, 0.5) is 13.2 Å². The van der Waals surface area contributed by atoms with Crippen molar-refractivity contribution < 1.29 is 22.4 Å². The van der Waals surface area contributed by atoms with E-state index >= 15 is 0 Å². The first-order valence-electron chi connectivity index (χ1n) is 2.72. The van der Waals surface area contributed by atoms with Crippen LogP contribution in [0.5, 0.6) is 0 Å². The number of carbonyl (C=O) groups is 1. The molecular formula is C4H7F3O2Si. The molecule has 0 aliphatic carbocycles. The Kier molecular flexibility index (Phi) is 3.41. The molecule has 0 saturated carbocycles. The van der Waals surface area contributed by atoms with Crippen LogP contribution in [0, 0.1) is 0 Å². The molecule has 0 aliphatic rings. The van der Waals surface area contributed by atoms with Crippen molar-refractivity contribution in [2.75, 3.05) is 0 Å². The van der Waals surface area contributed by atoms with Gasteiger partial charge < -0.3 is 4.43 Å². The highest BCUT2D eigenvalue weighted by molar-refractivity contribution is 6.30. The van der Waals surface area contributed by atoms with Crippen molar-refractivity contribution in [2.24, 2.45) is 0 Å². The predicted octanol–water partition coefficient (Wildman–Crippen LogP) is 0.614. The summed E-state index contributed by atoms with van der Waals surface area (Å²) in [6.07, 6.45) is -4.82. The SMILES string of the molecule is CC[SiH2]OC(=O)C(F)(F)F. The van der Waals surface area contributed by atoms with E-state index in [9.17, 15) is 18.0 Å². The van der Waals surface area contributed by atoms with Gasteiger partial charge in [-0.15, -0.1) is 0 Å². The molecule has 0 aromatic heterocycles. The Bertz CT molecular complexity index is 122. The number of hydrogen-bond donors (Lipinski definition) is 0. The molecule has 0 saturated heterocycles. The Labute approximate surface area is 58.3 Å². The largest absolute Gasteiger partial charge is 0.518 e. The normalized spacial score (nSPS) is 12.4. The Balaban J connectivity index is 3.64. The van der Waals surface area contributed by atoms with Gasteiger partial charge in [-0.25, -0.2) is 4.79 Å². The average molecular weight is 172 g/mol. The second kappa shape index (κ2) is 3.60. The predicted molar refractivity (Wildman–Crippen MR) is 31.2 cm³/mol. The molecule has 0 spiro atoms. The van der Waals surface area contributed by atoms with E-state index in [1.807, 2.05) is 0 Å². The molecule has 0 bridgehead atoms. The molecule has 60 valence electrons. The zero-order valence-corrected chi connectivity index (χ0v) is 6.78. The topological polar surface area (TPSA) is 26.3 Å². The van der Waals surface area contributed by atoms with Crippen LogP contribution in [-0.4, -0.2) is 21.9 Å². The second-order valence-electron chi connectivity index (χ2n) is 1.63. The van der Waals surface area contributed by atoms with Crippen LogP contribution in [0.3, 0.4) is 0 Å². The first-order valence-corrected chi connectivity index (χ1v) is 4.30. The Morgan fingerprint density at radius 1 is 1.60 bits per heavy atom. The Hall–Kier alpha value is -0.523. The van der Waals surface area contributed by atoms with Gasteiger partial charge in [-0.1, -0.05) is 6.92 Å². The van der Waals surface area contributed by atoms with E-state index in [1.165, 1.54) is 0 Å². The first kappa shape index (κ1) is 9.48. The summed E-state index contributed by atoms with van der Waals surface area (Å²) in [6.45, 7) is 1.68. The summed E-state index contributed by atoms with van der Waals surface area (Å²) in [5, 5.41) is 0. The minimum absolute atomic E-state index is 0.530. The molecule has 0 radical (unpaired) electrons. The van der Waals surface area contributed by atoms with Crippen molar-refractivity contribution in [3.05, 3.63) is 0 Å². The summed E-state index contributed by atoms with van der Waals surface area (Å²) in [5.41, 5.74) is 0. The molecule has 0 fully saturated rings. The lowest BCUT2D eigenvalue weighted by atomic mass is 10.7. The zero-order chi connectivity index (χ0) is 8.20. The van der Waals surface area contributed by atoms with E-state index in [2.05, 4.69) is 4.43 Å². The lowest BCUT2D eigenvalue weighted by molar-refractivity contribution is -0.189. The monoisotopic (exact) mass is 172 g/mol. The standard InChI is InChI=1S/C4H7F3O2Si/c1-2-10-9-3(8)4(5,6)7/h2,10H2,1H3. The van der Waals surface area contributed by atoms with Gasteiger partial charge in [-0.2, -0.15) is 13.2 Å². The smallest absolute Gasteiger partial charge is 0.489 e. The third-order valence-electron chi connectivity index (χ3n) is 0.669. The molecule has 0 aliphatic heterocycles. The van der Waals surface area contributed by atoms with Gasteiger partial charge in [0.15, 0.2) is 0 Å². The summed E-state index contributed by atoms with van der Waals surface area (Å²) in [4.78, 5) is 9.91. The van der Waals surface area contributed by atoms with Crippen molar-refractivity contribution in [3.8, 4) is 0 Å². The highest BCUT2D eigenvalue weighted by Gasteiger charge is 2.40. The maximum Gasteiger partial charge on any atom is 0.489 e. The number of hydrogen-bond acceptors (Lipinski definition) is 2. The third-order valence-corrected chi connectivity index (χ3v) is 1.54. The van der Waals surface area contributed by atoms with E-state index in [1.54, 1.807) is 6.92 Å². The lowest BCUT2D eigenvalue weighted by Gasteiger charge is -2.04. The second-order valence-corrected chi connectivity index (χ2v) is 3.33. The maximum atomic E-state index is 11.3. The van der Waals surface area contributed by atoms with Gasteiger partial charge in [0.25, 0.3) is 0 Å². The number of alkyl halides is 3. The zero-order valence-electron chi connectivity index (χ0n) is 5.36. The molecule has 0 N–H and O–H groups in total. The third kappa shape index (κ3) is 3.49. The molecule has 0 atom stereocenters. The van der Waals surface area contributed by atoms with Crippen LogP contribution in [0.25, 0.3) is 0 Å². The van der Waals surface area contributed by atoms with E-state index in [0.717, 1.165) is 0 Å². The van der Waals surface area contributed by atoms with Crippen LogP contribution >= 0.6 is 0 Å². The molecule has 0 aromatic rings. The summed E-state index contributed by atoms with van der Waals surface area (Å²) in [7, 11) is -1.28. The highest BCUT2D eigenvalue weighted by atomic mass is 28.2. The minimum atomic E-state index is -4.82. The van der Waals surface area contributed by atoms with Crippen molar-refractivity contribution in [1.82, 2.24) is 0 Å². The van der Waals surface area contributed by atoms with Gasteiger partial charge in [0, 0.05) is 0 Å². The fraction of sp³-hybridized carbons (Fsp3) is 0.750. The molecule has 0 heterocycles. The van der Waals surface area contributed by atoms with Crippen LogP contribution in [-0.2, 0) is 9.22 Å². The van der Waals surface area contributed by atoms with E-state index in [-0.39, 0.29) is 0 Å². The number of halogens is 3. The molecule has 0 aromatic carbocycles. The highest BCUT2D eigenvalue weighted by Crippen LogP contribution is 2.15. The molecule has 0 unspecified atom stereocenters. The molecule has 6 heteroatoms. The maximum absolute atomic E-state index is 11.3. The summed E-state index contributed by atoms with van der Waals surface area (Å²) >= 11 is 0. The molecule has 0 rings (SSSR count). The van der Waals surface area contributed by atoms with Crippen molar-refractivity contribution >= 4 is 15.7 Å². The van der Waals surface area contributed by atoms with Crippen LogP contribution in [0.2, 0.25) is 6.04 Å². The number of carbonyl (C=O) groups excluding carboxylic acids is 1. The van der Waals surface area contributed by atoms with E-state index in [0.29, 0.717) is 6.04 Å². The van der Waals surface area contributed by atoms with Crippen LogP contribution in [0.1, 0.15) is 6.92 Å². The van der Waals surface area contributed by atoms with E-state index in [4.69, 9.17) is 0 Å². The van der Waals surface area contributed by atoms with Crippen LogP contribution < -0.4 is 0 Å². The summed E-state index contributed by atoms with van der Waals surface area (Å²) in [6, 6.07) is 0.530. The van der Waals surface area contributed by atoms with Crippen LogP contribution in [0.15, 0.2) is 0 Å². The first-order chi connectivity index (χ1) is 4.48. The van der Waals surface area contributed by atoms with Gasteiger partial charge in [0.2, 0.25) is 9.76 Å². The summed E-state index contributed by atoms with van der Waals surface area (Å²) < 4.78 is 37.9. The van der Waals surface area contributed by atoms with Gasteiger partial charge in [0.1, 0.15) is 0 Å². The van der Waals surface area contributed by atoms with Crippen molar-refractivity contribution in [2.45, 2.75) is 19.1 Å². The molecule has 0 amide bonds. The van der Waals surface area contributed by atoms with E-state index < -0.39 is 21.9 Å². The van der Waals surface area contributed by atoms with Crippen molar-refractivity contribution in [1.29, 1.82) is 0 Å². The number of rotatable bonds is 2. The van der Waals surface area contributed by atoms with Crippen molar-refractivity contribution in [3.63, 3.8) is 0 Å². The van der Waals surface area contributed by atoms with Gasteiger partial charge in [0.05, 0.1) is 0 Å². The fourth-order valence-corrected chi connectivity index (χ4v) is 0.830. The van der Waals surface area contributed by atoms with Gasteiger partial charge >= 0.3 is 12.1 Å². The Morgan fingerprint density at radius 2 is 2.10 bits per heavy atom. The van der Waals surface area contributed by atoms with Gasteiger partial charge in [-0.05, 0) is 6.04 Å². The summed E-state index contributed by atoms with van der Waals surface area (Å²) in [5.74, 6) is -2.05. The quantitative estimate of drug-likeness (QED) is 0.570.